The van der Waals surface area contributed by atoms with Gasteiger partial charge >= 0.3 is 0 Å². The van der Waals surface area contributed by atoms with Crippen LogP contribution in [0.2, 0.25) is 0 Å². The second kappa shape index (κ2) is 6.07. The van der Waals surface area contributed by atoms with E-state index in [0.717, 1.165) is 18.4 Å². The summed E-state index contributed by atoms with van der Waals surface area (Å²) in [6.45, 7) is 5.86. The number of hydrogen-bond acceptors (Lipinski definition) is 2. The van der Waals surface area contributed by atoms with Crippen LogP contribution in [-0.2, 0) is 9.59 Å². The maximum absolute atomic E-state index is 12.5. The van der Waals surface area contributed by atoms with E-state index in [0.29, 0.717) is 0 Å². The van der Waals surface area contributed by atoms with Crippen molar-refractivity contribution in [2.45, 2.75) is 51.7 Å². The summed E-state index contributed by atoms with van der Waals surface area (Å²) >= 11 is 0. The Hall–Kier alpha value is -1.84. The van der Waals surface area contributed by atoms with Crippen molar-refractivity contribution in [1.82, 2.24) is 10.2 Å². The first-order chi connectivity index (χ1) is 9.60. The Labute approximate surface area is 120 Å². The van der Waals surface area contributed by atoms with Crippen LogP contribution in [0, 0.1) is 0 Å². The van der Waals surface area contributed by atoms with E-state index in [2.05, 4.69) is 19.2 Å². The van der Waals surface area contributed by atoms with Gasteiger partial charge in [0, 0.05) is 6.04 Å². The molecular formula is C16H22N2O2. The van der Waals surface area contributed by atoms with Gasteiger partial charge in [0.05, 0.1) is 0 Å². The molecule has 2 atom stereocenters. The van der Waals surface area contributed by atoms with Crippen LogP contribution in [-0.4, -0.2) is 28.8 Å². The minimum absolute atomic E-state index is 0.00662. The quantitative estimate of drug-likeness (QED) is 0.915. The third kappa shape index (κ3) is 2.55. The summed E-state index contributed by atoms with van der Waals surface area (Å²) in [5, 5.41) is 2.78. The first-order valence-corrected chi connectivity index (χ1v) is 7.27. The Morgan fingerprint density at radius 2 is 1.75 bits per heavy atom. The normalized spacial score (nSPS) is 23.1. The molecule has 0 radical (unpaired) electrons. The van der Waals surface area contributed by atoms with Crippen LogP contribution in [0.4, 0.5) is 0 Å². The van der Waals surface area contributed by atoms with Crippen molar-refractivity contribution in [3.63, 3.8) is 0 Å². The summed E-state index contributed by atoms with van der Waals surface area (Å²) in [6, 6.07) is 8.67. The molecule has 2 rings (SSSR count). The number of benzene rings is 1. The van der Waals surface area contributed by atoms with Gasteiger partial charge in [-0.15, -0.1) is 0 Å². The van der Waals surface area contributed by atoms with Crippen LogP contribution in [0.15, 0.2) is 30.3 Å². The molecule has 1 fully saturated rings. The number of piperazine rings is 1. The van der Waals surface area contributed by atoms with Crippen molar-refractivity contribution in [3.8, 4) is 0 Å². The summed E-state index contributed by atoms with van der Waals surface area (Å²) < 4.78 is 0. The van der Waals surface area contributed by atoms with Crippen molar-refractivity contribution in [2.24, 2.45) is 0 Å². The average molecular weight is 274 g/mol. The number of carbonyl (C=O) groups excluding carboxylic acids is 2. The third-order valence-electron chi connectivity index (χ3n) is 3.96. The third-order valence-corrected chi connectivity index (χ3v) is 3.96. The van der Waals surface area contributed by atoms with Crippen molar-refractivity contribution < 1.29 is 9.59 Å². The summed E-state index contributed by atoms with van der Waals surface area (Å²) in [5.74, 6) is -0.0812. The van der Waals surface area contributed by atoms with E-state index in [1.54, 1.807) is 11.8 Å². The molecule has 0 aliphatic carbocycles. The van der Waals surface area contributed by atoms with Gasteiger partial charge in [0.15, 0.2) is 0 Å². The molecule has 0 saturated carbocycles. The standard InChI is InChI=1S/C16H22N2O2/c1-4-13(5-2)18-14(12-9-7-6-8-10-12)15(19)17-11(3)16(18)20/h6-11,13-14H,4-5H2,1-3H3,(H,17,19). The van der Waals surface area contributed by atoms with Crippen molar-refractivity contribution >= 4 is 11.8 Å². The fraction of sp³-hybridized carbons (Fsp3) is 0.500. The van der Waals surface area contributed by atoms with Crippen LogP contribution in [0.5, 0.6) is 0 Å². The van der Waals surface area contributed by atoms with Gasteiger partial charge in [-0.05, 0) is 25.3 Å². The lowest BCUT2D eigenvalue weighted by atomic mass is 9.96. The highest BCUT2D eigenvalue weighted by Crippen LogP contribution is 2.29. The van der Waals surface area contributed by atoms with Gasteiger partial charge in [-0.25, -0.2) is 0 Å². The zero-order valence-electron chi connectivity index (χ0n) is 12.3. The Kier molecular flexibility index (Phi) is 4.42. The molecule has 0 spiro atoms. The van der Waals surface area contributed by atoms with Gasteiger partial charge in [-0.3, -0.25) is 9.59 Å². The maximum atomic E-state index is 12.5. The zero-order valence-corrected chi connectivity index (χ0v) is 12.3. The summed E-state index contributed by atoms with van der Waals surface area (Å²) in [7, 11) is 0. The number of rotatable bonds is 4. The van der Waals surface area contributed by atoms with Gasteiger partial charge in [0.25, 0.3) is 0 Å². The first-order valence-electron chi connectivity index (χ1n) is 7.27. The number of hydrogen-bond donors (Lipinski definition) is 1. The fourth-order valence-electron chi connectivity index (χ4n) is 2.85. The van der Waals surface area contributed by atoms with Gasteiger partial charge in [0.1, 0.15) is 12.1 Å². The van der Waals surface area contributed by atoms with Gasteiger partial charge in [0.2, 0.25) is 11.8 Å². The minimum Gasteiger partial charge on any atom is -0.342 e. The van der Waals surface area contributed by atoms with Crippen molar-refractivity contribution in [1.29, 1.82) is 0 Å². The predicted molar refractivity (Wildman–Crippen MR) is 78.0 cm³/mol. The highest BCUT2D eigenvalue weighted by molar-refractivity contribution is 5.97. The van der Waals surface area contributed by atoms with E-state index in [9.17, 15) is 9.59 Å². The number of nitrogens with one attached hydrogen (secondary N) is 1. The fourth-order valence-corrected chi connectivity index (χ4v) is 2.85. The van der Waals surface area contributed by atoms with E-state index in [1.807, 2.05) is 30.3 Å². The van der Waals surface area contributed by atoms with Crippen LogP contribution in [0.25, 0.3) is 0 Å². The monoisotopic (exact) mass is 274 g/mol. The molecule has 108 valence electrons. The van der Waals surface area contributed by atoms with Gasteiger partial charge in [-0.2, -0.15) is 0 Å². The van der Waals surface area contributed by atoms with E-state index < -0.39 is 12.1 Å². The number of amides is 2. The van der Waals surface area contributed by atoms with E-state index in [-0.39, 0.29) is 17.9 Å². The Balaban J connectivity index is 2.43. The number of nitrogens with zero attached hydrogens (tertiary/aromatic N) is 1. The zero-order chi connectivity index (χ0) is 14.7. The topological polar surface area (TPSA) is 49.4 Å². The van der Waals surface area contributed by atoms with E-state index >= 15 is 0 Å². The maximum Gasteiger partial charge on any atom is 0.248 e. The molecule has 4 heteroatoms. The molecule has 0 bridgehead atoms. The largest absolute Gasteiger partial charge is 0.342 e. The molecule has 1 saturated heterocycles. The Morgan fingerprint density at radius 1 is 1.15 bits per heavy atom. The van der Waals surface area contributed by atoms with E-state index in [4.69, 9.17) is 0 Å². The van der Waals surface area contributed by atoms with Gasteiger partial charge < -0.3 is 10.2 Å². The minimum atomic E-state index is -0.509. The molecule has 2 unspecified atom stereocenters. The lowest BCUT2D eigenvalue weighted by Crippen LogP contribution is -2.60. The molecule has 1 heterocycles. The lowest BCUT2D eigenvalue weighted by molar-refractivity contribution is -0.152. The van der Waals surface area contributed by atoms with Crippen molar-refractivity contribution in [3.05, 3.63) is 35.9 Å². The molecule has 20 heavy (non-hydrogen) atoms. The first kappa shape index (κ1) is 14.6. The molecule has 1 aromatic rings. The Morgan fingerprint density at radius 3 is 2.30 bits per heavy atom. The van der Waals surface area contributed by atoms with Crippen LogP contribution in [0.1, 0.15) is 45.2 Å². The molecule has 1 aliphatic heterocycles. The van der Waals surface area contributed by atoms with Crippen molar-refractivity contribution in [2.75, 3.05) is 0 Å². The second-order valence-electron chi connectivity index (χ2n) is 5.26. The average Bonchev–Trinajstić information content (AvgIpc) is 2.46. The molecule has 1 N–H and O–H groups in total. The molecule has 0 aromatic heterocycles. The molecule has 1 aliphatic rings. The summed E-state index contributed by atoms with van der Waals surface area (Å²) in [6.07, 6.45) is 1.71. The molecular weight excluding hydrogens is 252 g/mol. The van der Waals surface area contributed by atoms with Crippen LogP contribution < -0.4 is 5.32 Å². The summed E-state index contributed by atoms with van der Waals surface area (Å²) in [4.78, 5) is 26.7. The second-order valence-corrected chi connectivity index (χ2v) is 5.26. The molecule has 4 nitrogen and oxygen atoms in total. The highest BCUT2D eigenvalue weighted by Gasteiger charge is 2.41. The summed E-state index contributed by atoms with van der Waals surface area (Å²) in [5.41, 5.74) is 0.872. The predicted octanol–water partition coefficient (Wildman–Crippen LogP) is 2.26. The van der Waals surface area contributed by atoms with Gasteiger partial charge in [-0.1, -0.05) is 44.2 Å². The SMILES string of the molecule is CCC(CC)N1C(=O)C(C)NC(=O)C1c1ccccc1. The number of carbonyl (C=O) groups is 2. The van der Waals surface area contributed by atoms with Crippen LogP contribution >= 0.6 is 0 Å². The highest BCUT2D eigenvalue weighted by atomic mass is 16.2. The smallest absolute Gasteiger partial charge is 0.248 e. The van der Waals surface area contributed by atoms with E-state index in [1.165, 1.54) is 0 Å². The lowest BCUT2D eigenvalue weighted by Gasteiger charge is -2.42. The van der Waals surface area contributed by atoms with Crippen LogP contribution in [0.3, 0.4) is 0 Å². The Bertz CT molecular complexity index is 483. The molecule has 1 aromatic carbocycles. The molecule has 2 amide bonds.